The molecule has 0 aliphatic carbocycles. The van der Waals surface area contributed by atoms with E-state index in [-0.39, 0.29) is 37.2 Å². The van der Waals surface area contributed by atoms with E-state index in [0.717, 1.165) is 11.1 Å². The van der Waals surface area contributed by atoms with Crippen molar-refractivity contribution in [1.29, 1.82) is 0 Å². The van der Waals surface area contributed by atoms with Crippen LogP contribution in [0.15, 0.2) is 47.1 Å². The van der Waals surface area contributed by atoms with Crippen molar-refractivity contribution in [2.45, 2.75) is 20.0 Å². The summed E-state index contributed by atoms with van der Waals surface area (Å²) in [6.45, 7) is 2.43. The van der Waals surface area contributed by atoms with Gasteiger partial charge in [0.25, 0.3) is 5.91 Å². The van der Waals surface area contributed by atoms with Gasteiger partial charge < -0.3 is 14.5 Å². The number of furan rings is 1. The highest BCUT2D eigenvalue weighted by Crippen LogP contribution is 2.08. The van der Waals surface area contributed by atoms with Crippen LogP contribution in [-0.2, 0) is 16.1 Å². The van der Waals surface area contributed by atoms with Gasteiger partial charge in [-0.3, -0.25) is 9.59 Å². The lowest BCUT2D eigenvalue weighted by Crippen LogP contribution is -2.26. The summed E-state index contributed by atoms with van der Waals surface area (Å²) in [4.78, 5) is 23.2. The van der Waals surface area contributed by atoms with E-state index >= 15 is 0 Å². The first-order valence-electron chi connectivity index (χ1n) is 6.68. The maximum atomic E-state index is 11.6. The minimum Gasteiger partial charge on any atom is -0.461 e. The normalized spacial score (nSPS) is 10.1. The van der Waals surface area contributed by atoms with Crippen LogP contribution in [0, 0.1) is 6.92 Å². The van der Waals surface area contributed by atoms with E-state index in [1.807, 2.05) is 31.2 Å². The molecule has 110 valence electrons. The molecular weight excluding hydrogens is 270 g/mol. The average Bonchev–Trinajstić information content (AvgIpc) is 3.00. The predicted molar refractivity (Wildman–Crippen MR) is 76.6 cm³/mol. The fraction of sp³-hybridized carbons (Fsp3) is 0.250. The van der Waals surface area contributed by atoms with Crippen LogP contribution in [0.4, 0.5) is 0 Å². The number of hydrogen-bond acceptors (Lipinski definition) is 4. The third-order valence-corrected chi connectivity index (χ3v) is 3.01. The Kier molecular flexibility index (Phi) is 5.15. The fourth-order valence-electron chi connectivity index (χ4n) is 1.78. The lowest BCUT2D eigenvalue weighted by molar-refractivity contribution is -0.144. The van der Waals surface area contributed by atoms with E-state index in [2.05, 4.69) is 5.32 Å². The van der Waals surface area contributed by atoms with Gasteiger partial charge in [0, 0.05) is 6.54 Å². The Morgan fingerprint density at radius 1 is 1.19 bits per heavy atom. The van der Waals surface area contributed by atoms with E-state index in [0.29, 0.717) is 0 Å². The van der Waals surface area contributed by atoms with Crippen molar-refractivity contribution in [3.63, 3.8) is 0 Å². The van der Waals surface area contributed by atoms with Crippen LogP contribution in [0.3, 0.4) is 0 Å². The number of carbonyl (C=O) groups excluding carboxylic acids is 2. The second-order valence-corrected chi connectivity index (χ2v) is 4.57. The fourth-order valence-corrected chi connectivity index (χ4v) is 1.78. The summed E-state index contributed by atoms with van der Waals surface area (Å²) in [7, 11) is 0. The third-order valence-electron chi connectivity index (χ3n) is 3.01. The Morgan fingerprint density at radius 2 is 2.00 bits per heavy atom. The van der Waals surface area contributed by atoms with Crippen LogP contribution >= 0.6 is 0 Å². The van der Waals surface area contributed by atoms with Crippen LogP contribution < -0.4 is 5.32 Å². The molecular formula is C16H17NO4. The molecule has 1 heterocycles. The first kappa shape index (κ1) is 14.8. The van der Waals surface area contributed by atoms with Gasteiger partial charge >= 0.3 is 5.97 Å². The van der Waals surface area contributed by atoms with Gasteiger partial charge in [0.1, 0.15) is 6.61 Å². The first-order chi connectivity index (χ1) is 10.2. The van der Waals surface area contributed by atoms with Gasteiger partial charge in [0.15, 0.2) is 5.76 Å². The highest BCUT2D eigenvalue weighted by molar-refractivity contribution is 5.91. The van der Waals surface area contributed by atoms with E-state index < -0.39 is 0 Å². The van der Waals surface area contributed by atoms with Gasteiger partial charge in [0.2, 0.25) is 0 Å². The summed E-state index contributed by atoms with van der Waals surface area (Å²) in [6, 6.07) is 10.9. The number of amides is 1. The van der Waals surface area contributed by atoms with Crippen LogP contribution in [0.2, 0.25) is 0 Å². The van der Waals surface area contributed by atoms with Crippen LogP contribution in [0.1, 0.15) is 28.1 Å². The van der Waals surface area contributed by atoms with Gasteiger partial charge in [-0.1, -0.05) is 24.3 Å². The molecule has 0 spiro atoms. The zero-order chi connectivity index (χ0) is 15.1. The molecule has 0 radical (unpaired) electrons. The Balaban J connectivity index is 1.68. The molecule has 1 N–H and O–H groups in total. The van der Waals surface area contributed by atoms with Crippen molar-refractivity contribution in [1.82, 2.24) is 5.32 Å². The third kappa shape index (κ3) is 4.49. The number of ether oxygens (including phenoxy) is 1. The van der Waals surface area contributed by atoms with E-state index in [4.69, 9.17) is 9.15 Å². The summed E-state index contributed by atoms with van der Waals surface area (Å²) in [5.41, 5.74) is 2.06. The largest absolute Gasteiger partial charge is 0.461 e. The molecule has 0 bridgehead atoms. The van der Waals surface area contributed by atoms with E-state index in [1.54, 1.807) is 12.1 Å². The molecule has 0 atom stereocenters. The standard InChI is InChI=1S/C16H17NO4/c1-12-5-2-3-6-13(12)11-21-15(18)8-9-17-16(19)14-7-4-10-20-14/h2-7,10H,8-9,11H2,1H3,(H,17,19). The summed E-state index contributed by atoms with van der Waals surface area (Å²) >= 11 is 0. The zero-order valence-electron chi connectivity index (χ0n) is 11.8. The second kappa shape index (κ2) is 7.28. The number of carbonyl (C=O) groups is 2. The lowest BCUT2D eigenvalue weighted by atomic mass is 10.1. The van der Waals surface area contributed by atoms with Crippen LogP contribution in [0.25, 0.3) is 0 Å². The van der Waals surface area contributed by atoms with Gasteiger partial charge in [0.05, 0.1) is 12.7 Å². The van der Waals surface area contributed by atoms with Crippen molar-refractivity contribution in [2.24, 2.45) is 0 Å². The predicted octanol–water partition coefficient (Wildman–Crippen LogP) is 2.45. The van der Waals surface area contributed by atoms with Gasteiger partial charge in [-0.15, -0.1) is 0 Å². The molecule has 5 heteroatoms. The van der Waals surface area contributed by atoms with Crippen molar-refractivity contribution in [3.8, 4) is 0 Å². The first-order valence-corrected chi connectivity index (χ1v) is 6.68. The SMILES string of the molecule is Cc1ccccc1COC(=O)CCNC(=O)c1ccco1. The maximum absolute atomic E-state index is 11.6. The molecule has 0 saturated carbocycles. The van der Waals surface area contributed by atoms with Gasteiger partial charge in [-0.2, -0.15) is 0 Å². The molecule has 21 heavy (non-hydrogen) atoms. The molecule has 1 aromatic heterocycles. The second-order valence-electron chi connectivity index (χ2n) is 4.57. The summed E-state index contributed by atoms with van der Waals surface area (Å²) in [5.74, 6) is -0.465. The number of aryl methyl sites for hydroxylation is 1. The highest BCUT2D eigenvalue weighted by Gasteiger charge is 2.09. The number of rotatable bonds is 6. The summed E-state index contributed by atoms with van der Waals surface area (Å²) in [5, 5.41) is 2.59. The molecule has 2 rings (SSSR count). The molecule has 5 nitrogen and oxygen atoms in total. The Hall–Kier alpha value is -2.56. The maximum Gasteiger partial charge on any atom is 0.307 e. The molecule has 0 saturated heterocycles. The smallest absolute Gasteiger partial charge is 0.307 e. The molecule has 0 fully saturated rings. The Bertz CT molecular complexity index is 604. The van der Waals surface area contributed by atoms with Crippen molar-refractivity contribution in [2.75, 3.05) is 6.54 Å². The van der Waals surface area contributed by atoms with Gasteiger partial charge in [-0.05, 0) is 30.2 Å². The van der Waals surface area contributed by atoms with Crippen LogP contribution in [0.5, 0.6) is 0 Å². The highest BCUT2D eigenvalue weighted by atomic mass is 16.5. The minimum absolute atomic E-state index is 0.123. The average molecular weight is 287 g/mol. The molecule has 2 aromatic rings. The van der Waals surface area contributed by atoms with E-state index in [9.17, 15) is 9.59 Å². The lowest BCUT2D eigenvalue weighted by Gasteiger charge is -2.07. The molecule has 0 aliphatic heterocycles. The summed E-state index contributed by atoms with van der Waals surface area (Å²) < 4.78 is 10.1. The van der Waals surface area contributed by atoms with Crippen molar-refractivity contribution >= 4 is 11.9 Å². The van der Waals surface area contributed by atoms with Crippen molar-refractivity contribution < 1.29 is 18.7 Å². The number of hydrogen-bond donors (Lipinski definition) is 1. The Labute approximate surface area is 122 Å². The molecule has 1 aromatic carbocycles. The zero-order valence-corrected chi connectivity index (χ0v) is 11.8. The van der Waals surface area contributed by atoms with Crippen molar-refractivity contribution in [3.05, 3.63) is 59.5 Å². The minimum atomic E-state index is -0.349. The molecule has 0 aliphatic rings. The topological polar surface area (TPSA) is 68.5 Å². The number of nitrogens with one attached hydrogen (secondary N) is 1. The quantitative estimate of drug-likeness (QED) is 0.829. The number of benzene rings is 1. The van der Waals surface area contributed by atoms with E-state index in [1.165, 1.54) is 6.26 Å². The molecule has 0 unspecified atom stereocenters. The number of esters is 1. The summed E-state index contributed by atoms with van der Waals surface area (Å²) in [6.07, 6.45) is 1.55. The Morgan fingerprint density at radius 3 is 2.71 bits per heavy atom. The molecule has 1 amide bonds. The van der Waals surface area contributed by atoms with Gasteiger partial charge in [-0.25, -0.2) is 0 Å². The van der Waals surface area contributed by atoms with Crippen LogP contribution in [-0.4, -0.2) is 18.4 Å². The monoisotopic (exact) mass is 287 g/mol.